The van der Waals surface area contributed by atoms with Gasteiger partial charge in [0.15, 0.2) is 5.82 Å². The second-order valence-corrected chi connectivity index (χ2v) is 3.42. The molecule has 0 atom stereocenters. The van der Waals surface area contributed by atoms with E-state index in [9.17, 15) is 8.78 Å². The highest BCUT2D eigenvalue weighted by molar-refractivity contribution is 5.57. The molecule has 0 saturated carbocycles. The highest BCUT2D eigenvalue weighted by Gasteiger charge is 2.06. The highest BCUT2D eigenvalue weighted by Crippen LogP contribution is 2.21. The lowest BCUT2D eigenvalue weighted by atomic mass is 10.2. The van der Waals surface area contributed by atoms with Crippen LogP contribution in [0.2, 0.25) is 0 Å². The third-order valence-electron chi connectivity index (χ3n) is 2.25. The number of hydrogen-bond donors (Lipinski definition) is 1. The lowest BCUT2D eigenvalue weighted by molar-refractivity contribution is -0.0498. The molecule has 0 fully saturated rings. The van der Waals surface area contributed by atoms with Crippen molar-refractivity contribution in [2.45, 2.75) is 6.61 Å². The SMILES string of the molecule is CNc1ccnc(-c2ccc(OC(F)F)cc2)n1. The van der Waals surface area contributed by atoms with Gasteiger partial charge in [0.05, 0.1) is 0 Å². The monoisotopic (exact) mass is 251 g/mol. The molecule has 0 unspecified atom stereocenters. The average Bonchev–Trinajstić information content (AvgIpc) is 2.39. The second-order valence-electron chi connectivity index (χ2n) is 3.42. The Morgan fingerprint density at radius 2 is 1.89 bits per heavy atom. The Balaban J connectivity index is 2.22. The van der Waals surface area contributed by atoms with E-state index in [-0.39, 0.29) is 5.75 Å². The van der Waals surface area contributed by atoms with Crippen LogP contribution in [0.15, 0.2) is 36.5 Å². The van der Waals surface area contributed by atoms with Crippen LogP contribution < -0.4 is 10.1 Å². The summed E-state index contributed by atoms with van der Waals surface area (Å²) in [6.45, 7) is -2.82. The summed E-state index contributed by atoms with van der Waals surface area (Å²) in [5.41, 5.74) is 0.730. The molecule has 2 rings (SSSR count). The number of nitrogens with zero attached hydrogens (tertiary/aromatic N) is 2. The first kappa shape index (κ1) is 12.2. The maximum absolute atomic E-state index is 12.0. The van der Waals surface area contributed by atoms with Gasteiger partial charge in [0.2, 0.25) is 0 Å². The number of ether oxygens (including phenoxy) is 1. The molecular formula is C12H11F2N3O. The van der Waals surface area contributed by atoms with Gasteiger partial charge in [-0.3, -0.25) is 0 Å². The molecule has 94 valence electrons. The Hall–Kier alpha value is -2.24. The Kier molecular flexibility index (Phi) is 3.66. The van der Waals surface area contributed by atoms with E-state index in [1.807, 2.05) is 0 Å². The van der Waals surface area contributed by atoms with Crippen molar-refractivity contribution in [3.05, 3.63) is 36.5 Å². The molecule has 4 nitrogen and oxygen atoms in total. The van der Waals surface area contributed by atoms with Crippen molar-refractivity contribution in [2.24, 2.45) is 0 Å². The number of aromatic nitrogens is 2. The van der Waals surface area contributed by atoms with Gasteiger partial charge in [0.25, 0.3) is 0 Å². The maximum atomic E-state index is 12.0. The highest BCUT2D eigenvalue weighted by atomic mass is 19.3. The van der Waals surface area contributed by atoms with Crippen molar-refractivity contribution < 1.29 is 13.5 Å². The molecule has 1 aromatic heterocycles. The fraction of sp³-hybridized carbons (Fsp3) is 0.167. The van der Waals surface area contributed by atoms with Crippen molar-refractivity contribution in [2.75, 3.05) is 12.4 Å². The zero-order chi connectivity index (χ0) is 13.0. The molecular weight excluding hydrogens is 240 g/mol. The Bertz CT molecular complexity index is 517. The Morgan fingerprint density at radius 1 is 1.17 bits per heavy atom. The largest absolute Gasteiger partial charge is 0.435 e. The van der Waals surface area contributed by atoms with E-state index < -0.39 is 6.61 Å². The van der Waals surface area contributed by atoms with Crippen molar-refractivity contribution in [1.82, 2.24) is 9.97 Å². The van der Waals surface area contributed by atoms with E-state index in [4.69, 9.17) is 0 Å². The molecule has 18 heavy (non-hydrogen) atoms. The van der Waals surface area contributed by atoms with Crippen LogP contribution in [0.1, 0.15) is 0 Å². The van der Waals surface area contributed by atoms with Crippen molar-refractivity contribution >= 4 is 5.82 Å². The quantitative estimate of drug-likeness (QED) is 0.907. The molecule has 0 aliphatic rings. The zero-order valence-corrected chi connectivity index (χ0v) is 9.60. The minimum Gasteiger partial charge on any atom is -0.435 e. The summed E-state index contributed by atoms with van der Waals surface area (Å²) in [7, 11) is 1.76. The first-order chi connectivity index (χ1) is 8.69. The van der Waals surface area contributed by atoms with E-state index in [2.05, 4.69) is 20.0 Å². The van der Waals surface area contributed by atoms with Crippen molar-refractivity contribution in [1.29, 1.82) is 0 Å². The van der Waals surface area contributed by atoms with Crippen LogP contribution in [-0.4, -0.2) is 23.6 Å². The van der Waals surface area contributed by atoms with Crippen LogP contribution >= 0.6 is 0 Å². The van der Waals surface area contributed by atoms with Crippen LogP contribution in [0.25, 0.3) is 11.4 Å². The molecule has 0 spiro atoms. The summed E-state index contributed by atoms with van der Waals surface area (Å²) in [4.78, 5) is 8.35. The molecule has 6 heteroatoms. The fourth-order valence-corrected chi connectivity index (χ4v) is 1.42. The van der Waals surface area contributed by atoms with Gasteiger partial charge in [0, 0.05) is 18.8 Å². The van der Waals surface area contributed by atoms with Gasteiger partial charge >= 0.3 is 6.61 Å². The summed E-state index contributed by atoms with van der Waals surface area (Å²) in [5, 5.41) is 2.90. The number of benzene rings is 1. The number of halogens is 2. The summed E-state index contributed by atoms with van der Waals surface area (Å²) in [6.07, 6.45) is 1.62. The van der Waals surface area contributed by atoms with E-state index in [1.165, 1.54) is 12.1 Å². The van der Waals surface area contributed by atoms with Crippen molar-refractivity contribution in [3.63, 3.8) is 0 Å². The number of hydrogen-bond acceptors (Lipinski definition) is 4. The third kappa shape index (κ3) is 2.91. The van der Waals surface area contributed by atoms with Gasteiger partial charge in [0.1, 0.15) is 11.6 Å². The van der Waals surface area contributed by atoms with Crippen LogP contribution in [0.4, 0.5) is 14.6 Å². The molecule has 2 aromatic rings. The lowest BCUT2D eigenvalue weighted by Crippen LogP contribution is -2.01. The minimum atomic E-state index is -2.82. The van der Waals surface area contributed by atoms with Gasteiger partial charge in [-0.05, 0) is 30.3 Å². The second kappa shape index (κ2) is 5.39. The van der Waals surface area contributed by atoms with Gasteiger partial charge in [-0.1, -0.05) is 0 Å². The maximum Gasteiger partial charge on any atom is 0.387 e. The zero-order valence-electron chi connectivity index (χ0n) is 9.60. The van der Waals surface area contributed by atoms with E-state index >= 15 is 0 Å². The third-order valence-corrected chi connectivity index (χ3v) is 2.25. The molecule has 0 radical (unpaired) electrons. The van der Waals surface area contributed by atoms with Gasteiger partial charge < -0.3 is 10.1 Å². The first-order valence-corrected chi connectivity index (χ1v) is 5.25. The Morgan fingerprint density at radius 3 is 2.50 bits per heavy atom. The topological polar surface area (TPSA) is 47.0 Å². The minimum absolute atomic E-state index is 0.110. The summed E-state index contributed by atoms with van der Waals surface area (Å²) in [6, 6.07) is 7.91. The molecule has 0 bridgehead atoms. The molecule has 0 amide bonds. The predicted octanol–water partition coefficient (Wildman–Crippen LogP) is 2.79. The van der Waals surface area contributed by atoms with Gasteiger partial charge in [-0.25, -0.2) is 9.97 Å². The average molecular weight is 251 g/mol. The number of anilines is 1. The Labute approximate surface area is 103 Å². The standard InChI is InChI=1S/C12H11F2N3O/c1-15-10-6-7-16-11(17-10)8-2-4-9(5-3-8)18-12(13)14/h2-7,12H,1H3,(H,15,16,17). The predicted molar refractivity (Wildman–Crippen MR) is 63.6 cm³/mol. The molecule has 0 saturated heterocycles. The van der Waals surface area contributed by atoms with Crippen molar-refractivity contribution in [3.8, 4) is 17.1 Å². The van der Waals surface area contributed by atoms with Crippen LogP contribution in [-0.2, 0) is 0 Å². The smallest absolute Gasteiger partial charge is 0.387 e. The summed E-state index contributed by atoms with van der Waals surface area (Å²) < 4.78 is 28.2. The van der Waals surface area contributed by atoms with E-state index in [1.54, 1.807) is 31.4 Å². The summed E-state index contributed by atoms with van der Waals surface area (Å²) >= 11 is 0. The number of alkyl halides is 2. The fourth-order valence-electron chi connectivity index (χ4n) is 1.42. The van der Waals surface area contributed by atoms with Crippen LogP contribution in [0.3, 0.4) is 0 Å². The molecule has 0 aliphatic heterocycles. The van der Waals surface area contributed by atoms with Crippen LogP contribution in [0, 0.1) is 0 Å². The van der Waals surface area contributed by atoms with Gasteiger partial charge in [-0.15, -0.1) is 0 Å². The van der Waals surface area contributed by atoms with Crippen LogP contribution in [0.5, 0.6) is 5.75 Å². The molecule has 1 heterocycles. The lowest BCUT2D eigenvalue weighted by Gasteiger charge is -2.06. The van der Waals surface area contributed by atoms with Gasteiger partial charge in [-0.2, -0.15) is 8.78 Å². The normalized spacial score (nSPS) is 10.4. The number of nitrogens with one attached hydrogen (secondary N) is 1. The van der Waals surface area contributed by atoms with E-state index in [0.717, 1.165) is 5.56 Å². The molecule has 1 aromatic carbocycles. The first-order valence-electron chi connectivity index (χ1n) is 5.25. The summed E-state index contributed by atoms with van der Waals surface area (Å²) in [5.74, 6) is 1.32. The van der Waals surface area contributed by atoms with E-state index in [0.29, 0.717) is 11.6 Å². The number of rotatable bonds is 4. The molecule has 0 aliphatic carbocycles. The molecule has 1 N–H and O–H groups in total.